The maximum atomic E-state index is 12.3. The van der Waals surface area contributed by atoms with Crippen LogP contribution >= 0.6 is 0 Å². The van der Waals surface area contributed by atoms with Crippen LogP contribution in [0, 0.1) is 0 Å². The number of carbonyl (C=O) groups is 2. The first kappa shape index (κ1) is 24.6. The standard InChI is InChI=1S/2C9H7F3O3/c2*10-9(11,12)6-3-1-2-4-7(6)15-5-8(13)14/h2*1-4H,5H2,(H,13,14). The summed E-state index contributed by atoms with van der Waals surface area (Å²) < 4.78 is 83.1. The number of para-hydroxylation sites is 2. The maximum absolute atomic E-state index is 12.3. The summed E-state index contributed by atoms with van der Waals surface area (Å²) in [5, 5.41) is 16.5. The van der Waals surface area contributed by atoms with Crippen molar-refractivity contribution < 1.29 is 55.6 Å². The fourth-order valence-corrected chi connectivity index (χ4v) is 1.93. The molecule has 0 spiro atoms. The van der Waals surface area contributed by atoms with E-state index in [1.807, 2.05) is 0 Å². The molecule has 0 bridgehead atoms. The smallest absolute Gasteiger partial charge is 0.419 e. The summed E-state index contributed by atoms with van der Waals surface area (Å²) in [5.74, 6) is -3.61. The summed E-state index contributed by atoms with van der Waals surface area (Å²) in [4.78, 5) is 20.3. The molecular formula is C18H14F6O6. The van der Waals surface area contributed by atoms with Crippen molar-refractivity contribution in [1.29, 1.82) is 0 Å². The molecule has 2 aromatic rings. The highest BCUT2D eigenvalue weighted by Crippen LogP contribution is 2.36. The summed E-state index contributed by atoms with van der Waals surface area (Å²) in [6, 6.07) is 8.90. The van der Waals surface area contributed by atoms with Gasteiger partial charge in [-0.3, -0.25) is 0 Å². The van der Waals surface area contributed by atoms with E-state index >= 15 is 0 Å². The minimum atomic E-state index is -4.55. The van der Waals surface area contributed by atoms with Crippen molar-refractivity contribution in [3.8, 4) is 11.5 Å². The van der Waals surface area contributed by atoms with Crippen LogP contribution in [0.5, 0.6) is 11.5 Å². The fraction of sp³-hybridized carbons (Fsp3) is 0.222. The number of carboxylic acids is 2. The van der Waals surface area contributed by atoms with Crippen LogP contribution in [0.2, 0.25) is 0 Å². The Morgan fingerprint density at radius 1 is 0.667 bits per heavy atom. The Balaban J connectivity index is 0.000000300. The molecule has 164 valence electrons. The van der Waals surface area contributed by atoms with Crippen molar-refractivity contribution in [2.75, 3.05) is 13.2 Å². The molecule has 0 saturated carbocycles. The number of alkyl halides is 6. The Kier molecular flexibility index (Phi) is 8.50. The molecule has 0 aliphatic rings. The fourth-order valence-electron chi connectivity index (χ4n) is 1.93. The van der Waals surface area contributed by atoms with Crippen molar-refractivity contribution >= 4 is 11.9 Å². The number of ether oxygens (including phenoxy) is 2. The van der Waals surface area contributed by atoms with E-state index in [9.17, 15) is 35.9 Å². The monoisotopic (exact) mass is 440 g/mol. The van der Waals surface area contributed by atoms with E-state index < -0.39 is 60.1 Å². The number of hydrogen-bond acceptors (Lipinski definition) is 4. The van der Waals surface area contributed by atoms with Crippen LogP contribution in [0.15, 0.2) is 48.5 Å². The van der Waals surface area contributed by atoms with Crippen LogP contribution in [0.4, 0.5) is 26.3 Å². The molecule has 0 aromatic heterocycles. The predicted molar refractivity (Wildman–Crippen MR) is 89.1 cm³/mol. The molecule has 30 heavy (non-hydrogen) atoms. The first-order valence-electron chi connectivity index (χ1n) is 7.84. The van der Waals surface area contributed by atoms with Crippen molar-refractivity contribution in [1.82, 2.24) is 0 Å². The third kappa shape index (κ3) is 8.29. The second kappa shape index (κ2) is 10.4. The highest BCUT2D eigenvalue weighted by atomic mass is 19.4. The lowest BCUT2D eigenvalue weighted by atomic mass is 10.2. The largest absolute Gasteiger partial charge is 0.481 e. The van der Waals surface area contributed by atoms with Gasteiger partial charge in [-0.15, -0.1) is 0 Å². The van der Waals surface area contributed by atoms with E-state index in [0.29, 0.717) is 0 Å². The minimum absolute atomic E-state index is 0.479. The summed E-state index contributed by atoms with van der Waals surface area (Å²) in [7, 11) is 0. The van der Waals surface area contributed by atoms with Gasteiger partial charge < -0.3 is 19.7 Å². The minimum Gasteiger partial charge on any atom is -0.481 e. The van der Waals surface area contributed by atoms with E-state index in [1.165, 1.54) is 24.3 Å². The van der Waals surface area contributed by atoms with Crippen molar-refractivity contribution in [2.24, 2.45) is 0 Å². The van der Waals surface area contributed by atoms with Crippen LogP contribution in [0.1, 0.15) is 11.1 Å². The second-order valence-corrected chi connectivity index (χ2v) is 5.35. The van der Waals surface area contributed by atoms with Gasteiger partial charge >= 0.3 is 24.3 Å². The number of hydrogen-bond donors (Lipinski definition) is 2. The van der Waals surface area contributed by atoms with Crippen molar-refractivity contribution in [3.05, 3.63) is 59.7 Å². The van der Waals surface area contributed by atoms with E-state index in [4.69, 9.17) is 10.2 Å². The number of aliphatic carboxylic acids is 2. The lowest BCUT2D eigenvalue weighted by Gasteiger charge is -2.12. The number of halogens is 6. The number of rotatable bonds is 6. The van der Waals surface area contributed by atoms with Gasteiger partial charge in [0.1, 0.15) is 11.5 Å². The van der Waals surface area contributed by atoms with Crippen LogP contribution in [-0.4, -0.2) is 35.4 Å². The molecule has 2 rings (SSSR count). The van der Waals surface area contributed by atoms with Gasteiger partial charge in [0.15, 0.2) is 13.2 Å². The molecule has 0 unspecified atom stereocenters. The summed E-state index contributed by atoms with van der Waals surface area (Å²) in [6.07, 6.45) is -9.09. The summed E-state index contributed by atoms with van der Waals surface area (Å²) >= 11 is 0. The molecule has 0 saturated heterocycles. The van der Waals surface area contributed by atoms with E-state index in [0.717, 1.165) is 24.3 Å². The summed E-state index contributed by atoms with van der Waals surface area (Å²) in [6.45, 7) is -1.60. The molecule has 0 aliphatic heterocycles. The summed E-state index contributed by atoms with van der Waals surface area (Å²) in [5.41, 5.74) is -1.96. The Hall–Kier alpha value is -3.44. The lowest BCUT2D eigenvalue weighted by Crippen LogP contribution is -2.13. The van der Waals surface area contributed by atoms with E-state index in [2.05, 4.69) is 9.47 Å². The highest BCUT2D eigenvalue weighted by Gasteiger charge is 2.34. The van der Waals surface area contributed by atoms with Gasteiger partial charge in [-0.1, -0.05) is 24.3 Å². The van der Waals surface area contributed by atoms with Crippen LogP contribution in [0.25, 0.3) is 0 Å². The Morgan fingerprint density at radius 3 is 1.23 bits per heavy atom. The second-order valence-electron chi connectivity index (χ2n) is 5.35. The molecule has 0 aliphatic carbocycles. The van der Waals surface area contributed by atoms with Gasteiger partial charge in [0.05, 0.1) is 11.1 Å². The quantitative estimate of drug-likeness (QED) is 0.650. The van der Waals surface area contributed by atoms with Gasteiger partial charge in [0, 0.05) is 0 Å². The zero-order valence-electron chi connectivity index (χ0n) is 14.8. The molecule has 2 N–H and O–H groups in total. The predicted octanol–water partition coefficient (Wildman–Crippen LogP) is 4.34. The Labute approximate surface area is 165 Å². The average Bonchev–Trinajstić information content (AvgIpc) is 2.64. The zero-order chi connectivity index (χ0) is 22.9. The number of benzene rings is 2. The highest BCUT2D eigenvalue weighted by molar-refractivity contribution is 5.69. The third-order valence-corrected chi connectivity index (χ3v) is 3.09. The van der Waals surface area contributed by atoms with E-state index in [-0.39, 0.29) is 0 Å². The molecule has 0 amide bonds. The molecule has 0 radical (unpaired) electrons. The molecule has 2 aromatic carbocycles. The van der Waals surface area contributed by atoms with Gasteiger partial charge in [0.2, 0.25) is 0 Å². The van der Waals surface area contributed by atoms with Gasteiger partial charge in [-0.25, -0.2) is 9.59 Å². The normalized spacial score (nSPS) is 11.1. The van der Waals surface area contributed by atoms with E-state index in [1.54, 1.807) is 0 Å². The first-order chi connectivity index (χ1) is 13.8. The number of carboxylic acid groups (broad SMARTS) is 2. The molecule has 0 atom stereocenters. The average molecular weight is 440 g/mol. The Bertz CT molecular complexity index is 791. The maximum Gasteiger partial charge on any atom is 0.419 e. The van der Waals surface area contributed by atoms with Gasteiger partial charge in [-0.2, -0.15) is 26.3 Å². The lowest BCUT2D eigenvalue weighted by molar-refractivity contribution is -0.143. The molecular weight excluding hydrogens is 426 g/mol. The third-order valence-electron chi connectivity index (χ3n) is 3.09. The van der Waals surface area contributed by atoms with Crippen LogP contribution < -0.4 is 9.47 Å². The molecule has 0 fully saturated rings. The first-order valence-corrected chi connectivity index (χ1v) is 7.84. The van der Waals surface area contributed by atoms with Crippen LogP contribution in [-0.2, 0) is 21.9 Å². The topological polar surface area (TPSA) is 93.1 Å². The van der Waals surface area contributed by atoms with Crippen molar-refractivity contribution in [3.63, 3.8) is 0 Å². The Morgan fingerprint density at radius 2 is 0.967 bits per heavy atom. The molecule has 0 heterocycles. The SMILES string of the molecule is O=C(O)COc1ccccc1C(F)(F)F.O=C(O)COc1ccccc1C(F)(F)F. The van der Waals surface area contributed by atoms with Crippen molar-refractivity contribution in [2.45, 2.75) is 12.4 Å². The van der Waals surface area contributed by atoms with Crippen LogP contribution in [0.3, 0.4) is 0 Å². The zero-order valence-corrected chi connectivity index (χ0v) is 14.8. The molecule has 6 nitrogen and oxygen atoms in total. The molecule has 12 heteroatoms. The van der Waals surface area contributed by atoms with Gasteiger partial charge in [0.25, 0.3) is 0 Å². The van der Waals surface area contributed by atoms with Gasteiger partial charge in [-0.05, 0) is 24.3 Å².